The van der Waals surface area contributed by atoms with Gasteiger partial charge in [-0.15, -0.1) is 0 Å². The van der Waals surface area contributed by atoms with E-state index in [9.17, 15) is 4.79 Å². The number of rotatable bonds is 6. The standard InChI is InChI=1S/C18H20ClN3O3/c1-11(2)17-9-16(22-25-17)18(23)20-10-14-8-15(24-21-14)7-12-4-3-5-13(19)6-12/h3-6,9,11,15H,7-8,10H2,1-2H3,(H,20,23). The fraction of sp³-hybridized carbons (Fsp3) is 0.389. The van der Waals surface area contributed by atoms with Gasteiger partial charge in [0.05, 0.1) is 12.3 Å². The molecule has 7 heteroatoms. The van der Waals surface area contributed by atoms with Crippen molar-refractivity contribution in [2.45, 2.75) is 38.7 Å². The number of halogens is 1. The number of nitrogens with zero attached hydrogens (tertiary/aromatic N) is 2. The molecule has 25 heavy (non-hydrogen) atoms. The van der Waals surface area contributed by atoms with Gasteiger partial charge in [0.15, 0.2) is 5.69 Å². The van der Waals surface area contributed by atoms with Crippen LogP contribution in [0.15, 0.2) is 40.0 Å². The fourth-order valence-corrected chi connectivity index (χ4v) is 2.78. The first-order valence-corrected chi connectivity index (χ1v) is 8.60. The molecular weight excluding hydrogens is 342 g/mol. The first kappa shape index (κ1) is 17.5. The first-order valence-electron chi connectivity index (χ1n) is 8.22. The lowest BCUT2D eigenvalue weighted by atomic mass is 10.0. The fourth-order valence-electron chi connectivity index (χ4n) is 2.57. The van der Waals surface area contributed by atoms with Gasteiger partial charge in [-0.1, -0.05) is 47.9 Å². The molecule has 1 aliphatic rings. The Kier molecular flexibility index (Phi) is 5.38. The van der Waals surface area contributed by atoms with Gasteiger partial charge in [0.2, 0.25) is 0 Å². The highest BCUT2D eigenvalue weighted by Crippen LogP contribution is 2.19. The van der Waals surface area contributed by atoms with Crippen molar-refractivity contribution in [2.24, 2.45) is 5.16 Å². The van der Waals surface area contributed by atoms with Crippen LogP contribution in [0, 0.1) is 0 Å². The molecule has 1 atom stereocenters. The smallest absolute Gasteiger partial charge is 0.273 e. The van der Waals surface area contributed by atoms with E-state index >= 15 is 0 Å². The molecule has 0 spiro atoms. The molecule has 0 fully saturated rings. The number of carbonyl (C=O) groups excluding carboxylic acids is 1. The van der Waals surface area contributed by atoms with E-state index in [2.05, 4.69) is 15.6 Å². The van der Waals surface area contributed by atoms with Crippen molar-refractivity contribution in [2.75, 3.05) is 6.54 Å². The molecule has 1 amide bonds. The minimum absolute atomic E-state index is 0.0371. The average Bonchev–Trinajstić information content (AvgIpc) is 3.22. The Morgan fingerprint density at radius 2 is 2.24 bits per heavy atom. The largest absolute Gasteiger partial charge is 0.392 e. The SMILES string of the molecule is CC(C)c1cc(C(=O)NCC2=NOC(Cc3cccc(Cl)c3)C2)no1. The first-order chi connectivity index (χ1) is 12.0. The van der Waals surface area contributed by atoms with E-state index in [1.54, 1.807) is 6.07 Å². The summed E-state index contributed by atoms with van der Waals surface area (Å²) < 4.78 is 5.14. The molecule has 2 heterocycles. The molecule has 2 aromatic rings. The molecule has 0 bridgehead atoms. The summed E-state index contributed by atoms with van der Waals surface area (Å²) in [5, 5.41) is 11.4. The highest BCUT2D eigenvalue weighted by molar-refractivity contribution is 6.30. The minimum atomic E-state index is -0.281. The Balaban J connectivity index is 1.47. The van der Waals surface area contributed by atoms with Crippen molar-refractivity contribution in [1.82, 2.24) is 10.5 Å². The number of hydrogen-bond donors (Lipinski definition) is 1. The van der Waals surface area contributed by atoms with Crippen LogP contribution in [-0.2, 0) is 11.3 Å². The summed E-state index contributed by atoms with van der Waals surface area (Å²) in [6.07, 6.45) is 1.36. The van der Waals surface area contributed by atoms with Gasteiger partial charge in [-0.3, -0.25) is 4.79 Å². The second kappa shape index (κ2) is 7.70. The predicted molar refractivity (Wildman–Crippen MR) is 95.0 cm³/mol. The highest BCUT2D eigenvalue weighted by Gasteiger charge is 2.22. The summed E-state index contributed by atoms with van der Waals surface area (Å²) in [7, 11) is 0. The quantitative estimate of drug-likeness (QED) is 0.853. The summed E-state index contributed by atoms with van der Waals surface area (Å²) >= 11 is 5.99. The summed E-state index contributed by atoms with van der Waals surface area (Å²) in [5.74, 6) is 0.596. The maximum absolute atomic E-state index is 12.1. The normalized spacial score (nSPS) is 16.6. The number of oxime groups is 1. The van der Waals surface area contributed by atoms with E-state index in [-0.39, 0.29) is 23.6 Å². The third-order valence-electron chi connectivity index (χ3n) is 3.93. The van der Waals surface area contributed by atoms with E-state index in [4.69, 9.17) is 21.0 Å². The number of benzene rings is 1. The Morgan fingerprint density at radius 3 is 2.96 bits per heavy atom. The molecule has 1 unspecified atom stereocenters. The summed E-state index contributed by atoms with van der Waals surface area (Å²) in [4.78, 5) is 17.5. The van der Waals surface area contributed by atoms with Crippen LogP contribution in [0.3, 0.4) is 0 Å². The van der Waals surface area contributed by atoms with Crippen LogP contribution in [0.4, 0.5) is 0 Å². The van der Waals surface area contributed by atoms with Gasteiger partial charge in [-0.2, -0.15) is 0 Å². The van der Waals surface area contributed by atoms with Crippen LogP contribution >= 0.6 is 11.6 Å². The van der Waals surface area contributed by atoms with E-state index in [1.807, 2.05) is 38.1 Å². The Labute approximate surface area is 151 Å². The molecule has 3 rings (SSSR count). The third-order valence-corrected chi connectivity index (χ3v) is 4.16. The Bertz CT molecular complexity index is 785. The van der Waals surface area contributed by atoms with Crippen LogP contribution in [-0.4, -0.2) is 29.4 Å². The van der Waals surface area contributed by atoms with Crippen molar-refractivity contribution in [1.29, 1.82) is 0 Å². The number of nitrogens with one attached hydrogen (secondary N) is 1. The number of hydrogen-bond acceptors (Lipinski definition) is 5. The number of aromatic nitrogens is 1. The topological polar surface area (TPSA) is 76.7 Å². The van der Waals surface area contributed by atoms with Gasteiger partial charge in [0, 0.05) is 29.8 Å². The molecular formula is C18H20ClN3O3. The summed E-state index contributed by atoms with van der Waals surface area (Å²) in [6.45, 7) is 4.29. The lowest BCUT2D eigenvalue weighted by Gasteiger charge is -2.08. The van der Waals surface area contributed by atoms with E-state index in [0.29, 0.717) is 23.7 Å². The maximum Gasteiger partial charge on any atom is 0.273 e. The molecule has 1 aromatic heterocycles. The van der Waals surface area contributed by atoms with Gasteiger partial charge in [0.1, 0.15) is 11.9 Å². The van der Waals surface area contributed by atoms with Crippen LogP contribution in [0.5, 0.6) is 0 Å². The van der Waals surface area contributed by atoms with Crippen molar-refractivity contribution >= 4 is 23.2 Å². The zero-order valence-electron chi connectivity index (χ0n) is 14.2. The van der Waals surface area contributed by atoms with Gasteiger partial charge in [0.25, 0.3) is 5.91 Å². The van der Waals surface area contributed by atoms with Crippen LogP contribution in [0.1, 0.15) is 48.0 Å². The van der Waals surface area contributed by atoms with Crippen molar-refractivity contribution in [3.63, 3.8) is 0 Å². The molecule has 6 nitrogen and oxygen atoms in total. The van der Waals surface area contributed by atoms with Crippen LogP contribution in [0.2, 0.25) is 5.02 Å². The van der Waals surface area contributed by atoms with E-state index in [1.165, 1.54) is 0 Å². The summed E-state index contributed by atoms with van der Waals surface area (Å²) in [6, 6.07) is 9.34. The van der Waals surface area contributed by atoms with E-state index in [0.717, 1.165) is 17.7 Å². The van der Waals surface area contributed by atoms with Crippen LogP contribution in [0.25, 0.3) is 0 Å². The highest BCUT2D eigenvalue weighted by atomic mass is 35.5. The number of amides is 1. The molecule has 0 saturated heterocycles. The maximum atomic E-state index is 12.1. The number of carbonyl (C=O) groups is 1. The summed E-state index contributed by atoms with van der Waals surface area (Å²) in [5.41, 5.74) is 2.17. The zero-order valence-corrected chi connectivity index (χ0v) is 14.9. The second-order valence-corrected chi connectivity index (χ2v) is 6.81. The van der Waals surface area contributed by atoms with Gasteiger partial charge < -0.3 is 14.7 Å². The van der Waals surface area contributed by atoms with Crippen molar-refractivity contribution < 1.29 is 14.2 Å². The second-order valence-electron chi connectivity index (χ2n) is 6.38. The van der Waals surface area contributed by atoms with Gasteiger partial charge in [-0.25, -0.2) is 0 Å². The zero-order chi connectivity index (χ0) is 17.8. The minimum Gasteiger partial charge on any atom is -0.392 e. The van der Waals surface area contributed by atoms with Crippen LogP contribution < -0.4 is 5.32 Å². The molecule has 1 N–H and O–H groups in total. The van der Waals surface area contributed by atoms with Crippen molar-refractivity contribution in [3.8, 4) is 0 Å². The molecule has 1 aromatic carbocycles. The Hall–Kier alpha value is -2.34. The average molecular weight is 362 g/mol. The molecule has 132 valence electrons. The van der Waals surface area contributed by atoms with Gasteiger partial charge in [-0.05, 0) is 17.7 Å². The van der Waals surface area contributed by atoms with Crippen molar-refractivity contribution in [3.05, 3.63) is 52.4 Å². The lowest BCUT2D eigenvalue weighted by Crippen LogP contribution is -2.29. The molecule has 0 saturated carbocycles. The predicted octanol–water partition coefficient (Wildman–Crippen LogP) is 3.57. The van der Waals surface area contributed by atoms with Gasteiger partial charge >= 0.3 is 0 Å². The third kappa shape index (κ3) is 4.60. The molecule has 1 aliphatic heterocycles. The molecule has 0 aliphatic carbocycles. The molecule has 0 radical (unpaired) electrons. The Morgan fingerprint density at radius 1 is 1.40 bits per heavy atom. The monoisotopic (exact) mass is 361 g/mol. The van der Waals surface area contributed by atoms with E-state index < -0.39 is 0 Å². The lowest BCUT2D eigenvalue weighted by molar-refractivity contribution is 0.0859.